The first-order valence-corrected chi connectivity index (χ1v) is 9.38. The standard InChI is InChI=1S/C18H25IN2O3/c1-18(2,3)24-17(23)21-15-7-5-4-6-14(15)20-16(22)12-8-10-13(19)11-9-12/h8-11,14-15H,4-7H2,1-3H3,(H,20,22)(H,21,23). The van der Waals surface area contributed by atoms with E-state index in [0.29, 0.717) is 5.56 Å². The monoisotopic (exact) mass is 444 g/mol. The van der Waals surface area contributed by atoms with E-state index in [1.54, 1.807) is 0 Å². The molecule has 1 aromatic rings. The lowest BCUT2D eigenvalue weighted by Crippen LogP contribution is -2.53. The average Bonchev–Trinajstić information content (AvgIpc) is 2.48. The molecule has 2 rings (SSSR count). The molecule has 2 atom stereocenters. The van der Waals surface area contributed by atoms with Crippen LogP contribution in [0.4, 0.5) is 4.79 Å². The molecule has 2 N–H and O–H groups in total. The van der Waals surface area contributed by atoms with Gasteiger partial charge in [-0.05, 0) is 80.5 Å². The molecule has 2 unspecified atom stereocenters. The van der Waals surface area contributed by atoms with Crippen LogP contribution in [0.15, 0.2) is 24.3 Å². The van der Waals surface area contributed by atoms with Crippen molar-refractivity contribution < 1.29 is 14.3 Å². The van der Waals surface area contributed by atoms with Crippen molar-refractivity contribution in [2.75, 3.05) is 0 Å². The Bertz CT molecular complexity index is 581. The maximum Gasteiger partial charge on any atom is 0.407 e. The Morgan fingerprint density at radius 1 is 1.04 bits per heavy atom. The second kappa shape index (κ2) is 8.18. The number of benzene rings is 1. The molecule has 2 amide bonds. The minimum atomic E-state index is -0.529. The van der Waals surface area contributed by atoms with Gasteiger partial charge in [-0.15, -0.1) is 0 Å². The van der Waals surface area contributed by atoms with E-state index >= 15 is 0 Å². The first kappa shape index (κ1) is 19.0. The summed E-state index contributed by atoms with van der Waals surface area (Å²) in [6.45, 7) is 5.51. The maximum absolute atomic E-state index is 12.4. The highest BCUT2D eigenvalue weighted by Crippen LogP contribution is 2.20. The molecular formula is C18H25IN2O3. The maximum atomic E-state index is 12.4. The van der Waals surface area contributed by atoms with E-state index in [0.717, 1.165) is 29.3 Å². The molecule has 1 aliphatic rings. The molecule has 0 spiro atoms. The highest BCUT2D eigenvalue weighted by Gasteiger charge is 2.29. The van der Waals surface area contributed by atoms with Crippen molar-refractivity contribution in [2.24, 2.45) is 0 Å². The van der Waals surface area contributed by atoms with Crippen molar-refractivity contribution in [2.45, 2.75) is 64.1 Å². The van der Waals surface area contributed by atoms with E-state index in [9.17, 15) is 9.59 Å². The molecule has 1 saturated carbocycles. The van der Waals surface area contributed by atoms with Gasteiger partial charge in [0.2, 0.25) is 0 Å². The van der Waals surface area contributed by atoms with E-state index in [2.05, 4.69) is 33.2 Å². The van der Waals surface area contributed by atoms with E-state index in [4.69, 9.17) is 4.74 Å². The number of halogens is 1. The van der Waals surface area contributed by atoms with Crippen LogP contribution < -0.4 is 10.6 Å². The van der Waals surface area contributed by atoms with Crippen LogP contribution in [0.5, 0.6) is 0 Å². The summed E-state index contributed by atoms with van der Waals surface area (Å²) in [4.78, 5) is 24.4. The zero-order chi connectivity index (χ0) is 17.7. The largest absolute Gasteiger partial charge is 0.444 e. The minimum Gasteiger partial charge on any atom is -0.444 e. The summed E-state index contributed by atoms with van der Waals surface area (Å²) in [7, 11) is 0. The fourth-order valence-corrected chi connectivity index (χ4v) is 3.15. The van der Waals surface area contributed by atoms with Crippen LogP contribution in [0.3, 0.4) is 0 Å². The predicted molar refractivity (Wildman–Crippen MR) is 102 cm³/mol. The number of carbonyl (C=O) groups excluding carboxylic acids is 2. The summed E-state index contributed by atoms with van der Waals surface area (Å²) in [6.07, 6.45) is 3.36. The van der Waals surface area contributed by atoms with Gasteiger partial charge in [-0.1, -0.05) is 12.8 Å². The minimum absolute atomic E-state index is 0.0713. The summed E-state index contributed by atoms with van der Waals surface area (Å²) in [5, 5.41) is 5.98. The SMILES string of the molecule is CC(C)(C)OC(=O)NC1CCCCC1NC(=O)c1ccc(I)cc1. The van der Waals surface area contributed by atoms with Crippen molar-refractivity contribution in [1.82, 2.24) is 10.6 Å². The molecule has 5 nitrogen and oxygen atoms in total. The molecule has 24 heavy (non-hydrogen) atoms. The van der Waals surface area contributed by atoms with Crippen molar-refractivity contribution in [3.8, 4) is 0 Å². The quantitative estimate of drug-likeness (QED) is 0.696. The average molecular weight is 444 g/mol. The summed E-state index contributed by atoms with van der Waals surface area (Å²) in [5.41, 5.74) is 0.107. The second-order valence-electron chi connectivity index (χ2n) is 7.12. The Hall–Kier alpha value is -1.31. The third-order valence-electron chi connectivity index (χ3n) is 3.89. The van der Waals surface area contributed by atoms with Crippen LogP contribution >= 0.6 is 22.6 Å². The molecule has 0 aliphatic heterocycles. The molecule has 132 valence electrons. The fourth-order valence-electron chi connectivity index (χ4n) is 2.79. The van der Waals surface area contributed by atoms with Crippen molar-refractivity contribution in [3.63, 3.8) is 0 Å². The number of rotatable bonds is 3. The molecule has 1 aliphatic carbocycles. The third kappa shape index (κ3) is 5.96. The smallest absolute Gasteiger partial charge is 0.407 e. The number of alkyl carbamates (subject to hydrolysis) is 1. The van der Waals surface area contributed by atoms with Crippen LogP contribution in [0, 0.1) is 3.57 Å². The fraction of sp³-hybridized carbons (Fsp3) is 0.556. The van der Waals surface area contributed by atoms with Crippen LogP contribution in [-0.4, -0.2) is 29.7 Å². The van der Waals surface area contributed by atoms with E-state index in [1.165, 1.54) is 0 Å². The summed E-state index contributed by atoms with van der Waals surface area (Å²) >= 11 is 2.21. The highest BCUT2D eigenvalue weighted by molar-refractivity contribution is 14.1. The zero-order valence-corrected chi connectivity index (χ0v) is 16.6. The van der Waals surface area contributed by atoms with Crippen LogP contribution in [0.1, 0.15) is 56.8 Å². The zero-order valence-electron chi connectivity index (χ0n) is 14.4. The normalized spacial score (nSPS) is 21.0. The highest BCUT2D eigenvalue weighted by atomic mass is 127. The molecule has 0 saturated heterocycles. The molecule has 0 bridgehead atoms. The third-order valence-corrected chi connectivity index (χ3v) is 4.61. The predicted octanol–water partition coefficient (Wildman–Crippen LogP) is 3.86. The molecule has 0 radical (unpaired) electrons. The Balaban J connectivity index is 1.97. The van der Waals surface area contributed by atoms with Crippen molar-refractivity contribution in [3.05, 3.63) is 33.4 Å². The van der Waals surface area contributed by atoms with Gasteiger partial charge < -0.3 is 15.4 Å². The first-order valence-electron chi connectivity index (χ1n) is 8.30. The van der Waals surface area contributed by atoms with Gasteiger partial charge in [0.25, 0.3) is 5.91 Å². The van der Waals surface area contributed by atoms with Crippen LogP contribution in [-0.2, 0) is 4.74 Å². The van der Waals surface area contributed by atoms with Gasteiger partial charge in [-0.25, -0.2) is 4.79 Å². The molecular weight excluding hydrogens is 419 g/mol. The summed E-state index contributed by atoms with van der Waals surface area (Å²) in [6, 6.07) is 7.28. The topological polar surface area (TPSA) is 67.4 Å². The van der Waals surface area contributed by atoms with Gasteiger partial charge >= 0.3 is 6.09 Å². The van der Waals surface area contributed by atoms with Crippen LogP contribution in [0.25, 0.3) is 0 Å². The van der Waals surface area contributed by atoms with Gasteiger partial charge in [0.05, 0.1) is 6.04 Å². The second-order valence-corrected chi connectivity index (χ2v) is 8.37. The van der Waals surface area contributed by atoms with Gasteiger partial charge in [0, 0.05) is 15.2 Å². The Kier molecular flexibility index (Phi) is 6.48. The van der Waals surface area contributed by atoms with Crippen molar-refractivity contribution in [1.29, 1.82) is 0 Å². The van der Waals surface area contributed by atoms with E-state index in [-0.39, 0.29) is 18.0 Å². The summed E-state index contributed by atoms with van der Waals surface area (Å²) < 4.78 is 6.42. The van der Waals surface area contributed by atoms with E-state index in [1.807, 2.05) is 45.0 Å². The Morgan fingerprint density at radius 2 is 1.58 bits per heavy atom. The van der Waals surface area contributed by atoms with Gasteiger partial charge in [-0.2, -0.15) is 0 Å². The molecule has 0 aromatic heterocycles. The molecule has 6 heteroatoms. The Labute approximate surface area is 157 Å². The Morgan fingerprint density at radius 3 is 2.12 bits per heavy atom. The lowest BCUT2D eigenvalue weighted by molar-refractivity contribution is 0.0475. The lowest BCUT2D eigenvalue weighted by Gasteiger charge is -2.33. The van der Waals surface area contributed by atoms with Gasteiger partial charge in [0.15, 0.2) is 0 Å². The lowest BCUT2D eigenvalue weighted by atomic mass is 9.90. The van der Waals surface area contributed by atoms with Gasteiger partial charge in [0.1, 0.15) is 5.60 Å². The number of hydrogen-bond donors (Lipinski definition) is 2. The van der Waals surface area contributed by atoms with E-state index < -0.39 is 11.7 Å². The van der Waals surface area contributed by atoms with Crippen molar-refractivity contribution >= 4 is 34.6 Å². The number of carbonyl (C=O) groups is 2. The molecule has 1 fully saturated rings. The summed E-state index contributed by atoms with van der Waals surface area (Å²) in [5.74, 6) is -0.103. The van der Waals surface area contributed by atoms with Crippen LogP contribution in [0.2, 0.25) is 0 Å². The molecule has 0 heterocycles. The number of ether oxygens (including phenoxy) is 1. The number of nitrogens with one attached hydrogen (secondary N) is 2. The van der Waals surface area contributed by atoms with Gasteiger partial charge in [-0.3, -0.25) is 4.79 Å². The molecule has 1 aromatic carbocycles. The number of hydrogen-bond acceptors (Lipinski definition) is 3. The number of amides is 2. The first-order chi connectivity index (χ1) is 11.2.